The van der Waals surface area contributed by atoms with Gasteiger partial charge >= 0.3 is 0 Å². The standard InChI is InChI=1S/C11H16ClN3O/c1-15(6-7-16-8-9-2-3-9)11-5-4-10(12)13-14-11/h4-5,9H,2-3,6-8H2,1H3. The summed E-state index contributed by atoms with van der Waals surface area (Å²) < 4.78 is 5.56. The summed E-state index contributed by atoms with van der Waals surface area (Å²) in [4.78, 5) is 2.01. The van der Waals surface area contributed by atoms with Gasteiger partial charge in [0.25, 0.3) is 0 Å². The molecule has 0 spiro atoms. The Hall–Kier alpha value is -0.870. The minimum Gasteiger partial charge on any atom is -0.379 e. The predicted molar refractivity (Wildman–Crippen MR) is 63.9 cm³/mol. The molecule has 1 aromatic heterocycles. The van der Waals surface area contributed by atoms with E-state index in [0.29, 0.717) is 5.15 Å². The highest BCUT2D eigenvalue weighted by atomic mass is 35.5. The van der Waals surface area contributed by atoms with Crippen molar-refractivity contribution in [2.45, 2.75) is 12.8 Å². The molecule has 0 saturated heterocycles. The molecular weight excluding hydrogens is 226 g/mol. The molecule has 1 aliphatic rings. The molecule has 5 heteroatoms. The van der Waals surface area contributed by atoms with Crippen LogP contribution in [0.25, 0.3) is 0 Å². The summed E-state index contributed by atoms with van der Waals surface area (Å²) in [6, 6.07) is 3.60. The third-order valence-electron chi connectivity index (χ3n) is 2.63. The van der Waals surface area contributed by atoms with Gasteiger partial charge in [-0.15, -0.1) is 10.2 Å². The van der Waals surface area contributed by atoms with Crippen molar-refractivity contribution in [3.8, 4) is 0 Å². The van der Waals surface area contributed by atoms with Gasteiger partial charge in [-0.3, -0.25) is 0 Å². The number of ether oxygens (including phenoxy) is 1. The summed E-state index contributed by atoms with van der Waals surface area (Å²) in [5.74, 6) is 1.64. The second kappa shape index (κ2) is 5.46. The molecule has 0 aromatic carbocycles. The van der Waals surface area contributed by atoms with Gasteiger partial charge < -0.3 is 9.64 Å². The first-order valence-corrected chi connectivity index (χ1v) is 5.91. The Balaban J connectivity index is 1.69. The minimum atomic E-state index is 0.419. The normalized spacial score (nSPS) is 15.1. The van der Waals surface area contributed by atoms with E-state index in [1.54, 1.807) is 6.07 Å². The second-order valence-electron chi connectivity index (χ2n) is 4.15. The minimum absolute atomic E-state index is 0.419. The van der Waals surface area contributed by atoms with E-state index >= 15 is 0 Å². The number of halogens is 1. The Bertz CT molecular complexity index is 327. The largest absolute Gasteiger partial charge is 0.379 e. The summed E-state index contributed by atoms with van der Waals surface area (Å²) in [7, 11) is 1.97. The molecule has 0 atom stereocenters. The van der Waals surface area contributed by atoms with Crippen molar-refractivity contribution in [1.29, 1.82) is 0 Å². The molecule has 1 aromatic rings. The van der Waals surface area contributed by atoms with Crippen LogP contribution in [0.3, 0.4) is 0 Å². The van der Waals surface area contributed by atoms with E-state index in [4.69, 9.17) is 16.3 Å². The van der Waals surface area contributed by atoms with E-state index < -0.39 is 0 Å². The quantitative estimate of drug-likeness (QED) is 0.714. The van der Waals surface area contributed by atoms with Gasteiger partial charge in [0.1, 0.15) is 0 Å². The highest BCUT2D eigenvalue weighted by Gasteiger charge is 2.20. The van der Waals surface area contributed by atoms with Gasteiger partial charge in [0.15, 0.2) is 11.0 Å². The molecule has 0 bridgehead atoms. The first kappa shape index (κ1) is 11.6. The molecule has 0 radical (unpaired) electrons. The Morgan fingerprint density at radius 1 is 1.44 bits per heavy atom. The smallest absolute Gasteiger partial charge is 0.151 e. The van der Waals surface area contributed by atoms with Crippen LogP contribution in [0.4, 0.5) is 5.82 Å². The third-order valence-corrected chi connectivity index (χ3v) is 2.83. The van der Waals surface area contributed by atoms with Gasteiger partial charge in [0.05, 0.1) is 6.61 Å². The van der Waals surface area contributed by atoms with Gasteiger partial charge in [0, 0.05) is 20.2 Å². The molecule has 1 saturated carbocycles. The van der Waals surface area contributed by atoms with Crippen molar-refractivity contribution in [2.75, 3.05) is 31.7 Å². The molecule has 1 aliphatic carbocycles. The number of anilines is 1. The molecule has 0 N–H and O–H groups in total. The van der Waals surface area contributed by atoms with Crippen molar-refractivity contribution in [1.82, 2.24) is 10.2 Å². The number of rotatable bonds is 6. The SMILES string of the molecule is CN(CCOCC1CC1)c1ccc(Cl)nn1. The lowest BCUT2D eigenvalue weighted by Gasteiger charge is -2.17. The van der Waals surface area contributed by atoms with Gasteiger partial charge in [-0.25, -0.2) is 0 Å². The van der Waals surface area contributed by atoms with Crippen LogP contribution in [0.5, 0.6) is 0 Å². The van der Waals surface area contributed by atoms with Crippen molar-refractivity contribution >= 4 is 17.4 Å². The molecule has 4 nitrogen and oxygen atoms in total. The summed E-state index contributed by atoms with van der Waals surface area (Å²) in [5.41, 5.74) is 0. The zero-order valence-electron chi connectivity index (χ0n) is 9.40. The Morgan fingerprint density at radius 3 is 2.88 bits per heavy atom. The molecule has 88 valence electrons. The topological polar surface area (TPSA) is 38.2 Å². The maximum absolute atomic E-state index is 5.67. The monoisotopic (exact) mass is 241 g/mol. The van der Waals surface area contributed by atoms with E-state index in [9.17, 15) is 0 Å². The van der Waals surface area contributed by atoms with Crippen molar-refractivity contribution in [2.24, 2.45) is 5.92 Å². The van der Waals surface area contributed by atoms with E-state index in [1.165, 1.54) is 12.8 Å². The third kappa shape index (κ3) is 3.61. The first-order chi connectivity index (χ1) is 7.75. The van der Waals surface area contributed by atoms with E-state index in [0.717, 1.165) is 31.5 Å². The summed E-state index contributed by atoms with van der Waals surface area (Å²) >= 11 is 5.67. The summed E-state index contributed by atoms with van der Waals surface area (Å²) in [6.45, 7) is 2.46. The highest BCUT2D eigenvalue weighted by molar-refractivity contribution is 6.29. The van der Waals surface area contributed by atoms with E-state index in [2.05, 4.69) is 10.2 Å². The van der Waals surface area contributed by atoms with Gasteiger partial charge in [0.2, 0.25) is 0 Å². The number of hydrogen-bond donors (Lipinski definition) is 0. The van der Waals surface area contributed by atoms with Gasteiger partial charge in [-0.1, -0.05) is 11.6 Å². The number of hydrogen-bond acceptors (Lipinski definition) is 4. The van der Waals surface area contributed by atoms with E-state index in [-0.39, 0.29) is 0 Å². The average Bonchev–Trinajstić information content (AvgIpc) is 3.09. The van der Waals surface area contributed by atoms with Gasteiger partial charge in [-0.05, 0) is 30.9 Å². The van der Waals surface area contributed by atoms with Crippen molar-refractivity contribution < 1.29 is 4.74 Å². The molecule has 2 rings (SSSR count). The van der Waals surface area contributed by atoms with Crippen LogP contribution < -0.4 is 4.90 Å². The van der Waals surface area contributed by atoms with Crippen LogP contribution in [-0.4, -0.2) is 37.0 Å². The fourth-order valence-corrected chi connectivity index (χ4v) is 1.46. The Morgan fingerprint density at radius 2 is 2.25 bits per heavy atom. The lowest BCUT2D eigenvalue weighted by Crippen LogP contribution is -2.24. The van der Waals surface area contributed by atoms with Crippen LogP contribution in [0.15, 0.2) is 12.1 Å². The van der Waals surface area contributed by atoms with Crippen LogP contribution >= 0.6 is 11.6 Å². The fourth-order valence-electron chi connectivity index (χ4n) is 1.36. The summed E-state index contributed by atoms with van der Waals surface area (Å²) in [6.07, 6.45) is 2.66. The maximum atomic E-state index is 5.67. The van der Waals surface area contributed by atoms with Crippen molar-refractivity contribution in [3.63, 3.8) is 0 Å². The molecular formula is C11H16ClN3O. The number of nitrogens with zero attached hydrogens (tertiary/aromatic N) is 3. The first-order valence-electron chi connectivity index (χ1n) is 5.54. The molecule has 16 heavy (non-hydrogen) atoms. The number of aromatic nitrogens is 2. The van der Waals surface area contributed by atoms with Crippen molar-refractivity contribution in [3.05, 3.63) is 17.3 Å². The average molecular weight is 242 g/mol. The molecule has 0 aliphatic heterocycles. The Labute approximate surface area is 101 Å². The molecule has 1 fully saturated rings. The highest BCUT2D eigenvalue weighted by Crippen LogP contribution is 2.28. The molecule has 0 unspecified atom stereocenters. The summed E-state index contributed by atoms with van der Waals surface area (Å²) in [5, 5.41) is 8.21. The van der Waals surface area contributed by atoms with Crippen LogP contribution in [-0.2, 0) is 4.74 Å². The zero-order valence-corrected chi connectivity index (χ0v) is 10.2. The second-order valence-corrected chi connectivity index (χ2v) is 4.54. The lowest BCUT2D eigenvalue weighted by atomic mass is 10.4. The fraction of sp³-hybridized carbons (Fsp3) is 0.636. The molecule has 0 amide bonds. The molecule has 1 heterocycles. The lowest BCUT2D eigenvalue weighted by molar-refractivity contribution is 0.130. The Kier molecular flexibility index (Phi) is 3.96. The van der Waals surface area contributed by atoms with E-state index in [1.807, 2.05) is 18.0 Å². The van der Waals surface area contributed by atoms with Crippen LogP contribution in [0, 0.1) is 5.92 Å². The van der Waals surface area contributed by atoms with Gasteiger partial charge in [-0.2, -0.15) is 0 Å². The number of likely N-dealkylation sites (N-methyl/N-ethyl adjacent to an activating group) is 1. The maximum Gasteiger partial charge on any atom is 0.151 e. The van der Waals surface area contributed by atoms with Crippen LogP contribution in [0.2, 0.25) is 5.15 Å². The zero-order chi connectivity index (χ0) is 11.4. The predicted octanol–water partition coefficient (Wildman–Crippen LogP) is 1.99. The van der Waals surface area contributed by atoms with Crippen LogP contribution in [0.1, 0.15) is 12.8 Å².